The molecule has 0 N–H and O–H groups in total. The zero-order chi connectivity index (χ0) is 8.10. The van der Waals surface area contributed by atoms with Crippen LogP contribution in [0.25, 0.3) is 0 Å². The second-order valence-corrected chi connectivity index (χ2v) is 3.88. The van der Waals surface area contributed by atoms with Gasteiger partial charge in [-0.05, 0) is 18.6 Å². The molecule has 0 radical (unpaired) electrons. The molecule has 0 aromatic carbocycles. The van der Waals surface area contributed by atoms with Crippen LogP contribution in [-0.2, 0) is 9.53 Å². The highest BCUT2D eigenvalue weighted by Crippen LogP contribution is 2.20. The summed E-state index contributed by atoms with van der Waals surface area (Å²) in [6.45, 7) is 1.99. The molecule has 3 heteroatoms. The minimum Gasteiger partial charge on any atom is -0.461 e. The number of carbonyl (C=O) groups is 1. The summed E-state index contributed by atoms with van der Waals surface area (Å²) in [6.07, 6.45) is 2.71. The van der Waals surface area contributed by atoms with Crippen molar-refractivity contribution >= 4 is 17.7 Å². The number of thioether (sulfide) groups is 1. The first-order chi connectivity index (χ1) is 5.33. The third kappa shape index (κ3) is 3.14. The van der Waals surface area contributed by atoms with Crippen LogP contribution in [0.2, 0.25) is 0 Å². The van der Waals surface area contributed by atoms with Gasteiger partial charge in [0.1, 0.15) is 6.10 Å². The van der Waals surface area contributed by atoms with Crippen LogP contribution in [0.3, 0.4) is 0 Å². The molecular weight excluding hydrogens is 160 g/mol. The van der Waals surface area contributed by atoms with E-state index < -0.39 is 0 Å². The van der Waals surface area contributed by atoms with Gasteiger partial charge in [-0.3, -0.25) is 4.79 Å². The smallest absolute Gasteiger partial charge is 0.306 e. The summed E-state index contributed by atoms with van der Waals surface area (Å²) in [5.74, 6) is 2.11. The Morgan fingerprint density at radius 1 is 1.73 bits per heavy atom. The van der Waals surface area contributed by atoms with E-state index in [4.69, 9.17) is 4.74 Å². The Morgan fingerprint density at radius 2 is 2.55 bits per heavy atom. The predicted octanol–water partition coefficient (Wildman–Crippen LogP) is 1.84. The highest BCUT2D eigenvalue weighted by molar-refractivity contribution is 7.99. The van der Waals surface area contributed by atoms with Crippen LogP contribution in [0.1, 0.15) is 26.2 Å². The molecule has 1 saturated heterocycles. The molecule has 64 valence electrons. The summed E-state index contributed by atoms with van der Waals surface area (Å²) in [5, 5.41) is 0. The second-order valence-electron chi connectivity index (χ2n) is 2.73. The van der Waals surface area contributed by atoms with E-state index in [1.807, 2.05) is 18.7 Å². The van der Waals surface area contributed by atoms with Crippen molar-refractivity contribution in [3.05, 3.63) is 0 Å². The summed E-state index contributed by atoms with van der Waals surface area (Å²) < 4.78 is 5.19. The van der Waals surface area contributed by atoms with Crippen molar-refractivity contribution in [1.82, 2.24) is 0 Å². The molecule has 11 heavy (non-hydrogen) atoms. The molecule has 1 atom stereocenters. The Morgan fingerprint density at radius 3 is 3.09 bits per heavy atom. The van der Waals surface area contributed by atoms with Crippen LogP contribution in [0, 0.1) is 0 Å². The molecule has 1 aliphatic rings. The lowest BCUT2D eigenvalue weighted by atomic mass is 10.3. The first kappa shape index (κ1) is 8.91. The Kier molecular flexibility index (Phi) is 3.77. The number of ether oxygens (including phenoxy) is 1. The maximum atomic E-state index is 11.0. The van der Waals surface area contributed by atoms with Crippen molar-refractivity contribution in [2.75, 3.05) is 11.5 Å². The standard InChI is InChI=1S/C8H14O2S/c1-2-3-8(9)10-7-4-5-11-6-7/h7H,2-6H2,1H3. The predicted molar refractivity (Wildman–Crippen MR) is 46.7 cm³/mol. The van der Waals surface area contributed by atoms with Gasteiger partial charge in [0.25, 0.3) is 0 Å². The molecule has 0 aromatic heterocycles. The first-order valence-corrected chi connectivity index (χ1v) is 5.25. The van der Waals surface area contributed by atoms with Gasteiger partial charge < -0.3 is 4.74 Å². The first-order valence-electron chi connectivity index (χ1n) is 4.10. The van der Waals surface area contributed by atoms with E-state index in [2.05, 4.69) is 0 Å². The number of carbonyl (C=O) groups excluding carboxylic acids is 1. The second kappa shape index (κ2) is 4.65. The van der Waals surface area contributed by atoms with Crippen molar-refractivity contribution in [1.29, 1.82) is 0 Å². The monoisotopic (exact) mass is 174 g/mol. The minimum absolute atomic E-state index is 0.0278. The number of esters is 1. The van der Waals surface area contributed by atoms with Gasteiger partial charge in [-0.15, -0.1) is 0 Å². The third-order valence-electron chi connectivity index (χ3n) is 1.64. The van der Waals surface area contributed by atoms with E-state index in [-0.39, 0.29) is 12.1 Å². The summed E-state index contributed by atoms with van der Waals surface area (Å²) in [6, 6.07) is 0. The summed E-state index contributed by atoms with van der Waals surface area (Å²) in [4.78, 5) is 11.0. The molecule has 2 nitrogen and oxygen atoms in total. The molecule has 0 bridgehead atoms. The van der Waals surface area contributed by atoms with Gasteiger partial charge in [0.15, 0.2) is 0 Å². The Balaban J connectivity index is 2.13. The molecule has 0 amide bonds. The molecule has 0 saturated carbocycles. The van der Waals surface area contributed by atoms with Crippen molar-refractivity contribution < 1.29 is 9.53 Å². The molecular formula is C8H14O2S. The van der Waals surface area contributed by atoms with E-state index in [1.54, 1.807) is 0 Å². The van der Waals surface area contributed by atoms with Gasteiger partial charge in [-0.1, -0.05) is 6.92 Å². The summed E-state index contributed by atoms with van der Waals surface area (Å²) >= 11 is 1.87. The fourth-order valence-corrected chi connectivity index (χ4v) is 2.15. The lowest BCUT2D eigenvalue weighted by Gasteiger charge is -2.09. The van der Waals surface area contributed by atoms with E-state index in [1.165, 1.54) is 0 Å². The molecule has 1 rings (SSSR count). The van der Waals surface area contributed by atoms with Gasteiger partial charge in [0.05, 0.1) is 0 Å². The molecule has 0 spiro atoms. The van der Waals surface area contributed by atoms with Gasteiger partial charge in [0.2, 0.25) is 0 Å². The maximum Gasteiger partial charge on any atom is 0.306 e. The summed E-state index contributed by atoms with van der Waals surface area (Å²) in [7, 11) is 0. The van der Waals surface area contributed by atoms with Crippen LogP contribution in [-0.4, -0.2) is 23.6 Å². The van der Waals surface area contributed by atoms with E-state index in [0.29, 0.717) is 6.42 Å². The summed E-state index contributed by atoms with van der Waals surface area (Å²) in [5.41, 5.74) is 0. The lowest BCUT2D eigenvalue weighted by Crippen LogP contribution is -2.16. The van der Waals surface area contributed by atoms with Crippen molar-refractivity contribution in [3.63, 3.8) is 0 Å². The fourth-order valence-electron chi connectivity index (χ4n) is 1.05. The zero-order valence-electron chi connectivity index (χ0n) is 6.84. The normalized spacial score (nSPS) is 23.5. The highest BCUT2D eigenvalue weighted by Gasteiger charge is 2.18. The molecule has 1 heterocycles. The molecule has 1 fully saturated rings. The van der Waals surface area contributed by atoms with Crippen LogP contribution in [0.5, 0.6) is 0 Å². The Hall–Kier alpha value is -0.180. The zero-order valence-corrected chi connectivity index (χ0v) is 7.65. The maximum absolute atomic E-state index is 11.0. The molecule has 0 aliphatic carbocycles. The van der Waals surface area contributed by atoms with Gasteiger partial charge in [0, 0.05) is 12.2 Å². The number of rotatable bonds is 3. The van der Waals surface area contributed by atoms with Gasteiger partial charge in [-0.2, -0.15) is 11.8 Å². The van der Waals surface area contributed by atoms with E-state index in [0.717, 1.165) is 24.3 Å². The lowest BCUT2D eigenvalue weighted by molar-refractivity contribution is -0.147. The van der Waals surface area contributed by atoms with Crippen molar-refractivity contribution in [2.45, 2.75) is 32.3 Å². The average Bonchev–Trinajstić information content (AvgIpc) is 2.40. The topological polar surface area (TPSA) is 26.3 Å². The average molecular weight is 174 g/mol. The third-order valence-corrected chi connectivity index (χ3v) is 2.77. The van der Waals surface area contributed by atoms with E-state index in [9.17, 15) is 4.79 Å². The fraction of sp³-hybridized carbons (Fsp3) is 0.875. The van der Waals surface area contributed by atoms with Crippen molar-refractivity contribution in [2.24, 2.45) is 0 Å². The van der Waals surface area contributed by atoms with Crippen LogP contribution < -0.4 is 0 Å². The molecule has 0 aromatic rings. The highest BCUT2D eigenvalue weighted by atomic mass is 32.2. The van der Waals surface area contributed by atoms with Gasteiger partial charge in [-0.25, -0.2) is 0 Å². The molecule has 1 aliphatic heterocycles. The minimum atomic E-state index is -0.0278. The number of hydrogen-bond donors (Lipinski definition) is 0. The largest absolute Gasteiger partial charge is 0.461 e. The van der Waals surface area contributed by atoms with Crippen LogP contribution >= 0.6 is 11.8 Å². The van der Waals surface area contributed by atoms with Crippen LogP contribution in [0.15, 0.2) is 0 Å². The Bertz CT molecular complexity index is 130. The number of hydrogen-bond acceptors (Lipinski definition) is 3. The van der Waals surface area contributed by atoms with E-state index >= 15 is 0 Å². The Labute approximate surface area is 71.7 Å². The molecule has 1 unspecified atom stereocenters. The van der Waals surface area contributed by atoms with Crippen LogP contribution in [0.4, 0.5) is 0 Å². The quantitative estimate of drug-likeness (QED) is 0.611. The SMILES string of the molecule is CCCC(=O)OC1CCSC1. The van der Waals surface area contributed by atoms with Crippen molar-refractivity contribution in [3.8, 4) is 0 Å². The van der Waals surface area contributed by atoms with Gasteiger partial charge >= 0.3 is 5.97 Å².